The molecule has 0 spiro atoms. The number of hydrogen-bond donors (Lipinski definition) is 1. The van der Waals surface area contributed by atoms with Crippen LogP contribution in [0.15, 0.2) is 48.5 Å². The minimum Gasteiger partial charge on any atom is -0.493 e. The van der Waals surface area contributed by atoms with Crippen molar-refractivity contribution in [3.05, 3.63) is 54.1 Å². The maximum absolute atomic E-state index is 6.11. The lowest BCUT2D eigenvalue weighted by atomic mass is 9.95. The van der Waals surface area contributed by atoms with Gasteiger partial charge in [0.05, 0.1) is 6.61 Å². The molecule has 2 N–H and O–H groups in total. The second-order valence-corrected chi connectivity index (χ2v) is 4.33. The molecule has 0 bridgehead atoms. The molecule has 2 nitrogen and oxygen atoms in total. The van der Waals surface area contributed by atoms with E-state index in [-0.39, 0.29) is 6.04 Å². The first-order valence-electron chi connectivity index (χ1n) is 5.93. The maximum atomic E-state index is 6.11. The van der Waals surface area contributed by atoms with E-state index in [4.69, 9.17) is 10.5 Å². The first-order valence-corrected chi connectivity index (χ1v) is 5.93. The van der Waals surface area contributed by atoms with Crippen molar-refractivity contribution in [2.45, 2.75) is 12.5 Å². The highest BCUT2D eigenvalue weighted by Crippen LogP contribution is 2.38. The van der Waals surface area contributed by atoms with E-state index in [9.17, 15) is 0 Å². The fourth-order valence-corrected chi connectivity index (χ4v) is 2.30. The molecule has 2 aromatic rings. The van der Waals surface area contributed by atoms with Crippen molar-refractivity contribution in [3.63, 3.8) is 0 Å². The van der Waals surface area contributed by atoms with E-state index in [1.54, 1.807) is 0 Å². The molecule has 3 rings (SSSR count). The van der Waals surface area contributed by atoms with Gasteiger partial charge in [0, 0.05) is 23.6 Å². The monoisotopic (exact) mass is 225 g/mol. The topological polar surface area (TPSA) is 35.2 Å². The Morgan fingerprint density at radius 1 is 1.00 bits per heavy atom. The average Bonchev–Trinajstić information content (AvgIpc) is 2.40. The van der Waals surface area contributed by atoms with Gasteiger partial charge in [-0.3, -0.25) is 0 Å². The van der Waals surface area contributed by atoms with Gasteiger partial charge in [0.1, 0.15) is 5.75 Å². The normalized spacial score (nSPS) is 18.3. The Morgan fingerprint density at radius 2 is 1.82 bits per heavy atom. The summed E-state index contributed by atoms with van der Waals surface area (Å²) in [5.41, 5.74) is 9.55. The second-order valence-electron chi connectivity index (χ2n) is 4.33. The van der Waals surface area contributed by atoms with E-state index >= 15 is 0 Å². The smallest absolute Gasteiger partial charge is 0.131 e. The molecule has 0 aromatic heterocycles. The molecule has 0 saturated carbocycles. The van der Waals surface area contributed by atoms with Gasteiger partial charge in [0.15, 0.2) is 0 Å². The third-order valence-electron chi connectivity index (χ3n) is 3.21. The summed E-state index contributed by atoms with van der Waals surface area (Å²) >= 11 is 0. The second kappa shape index (κ2) is 4.22. The molecule has 2 heteroatoms. The van der Waals surface area contributed by atoms with Crippen LogP contribution in [0.25, 0.3) is 11.1 Å². The van der Waals surface area contributed by atoms with Gasteiger partial charge in [-0.15, -0.1) is 0 Å². The fourth-order valence-electron chi connectivity index (χ4n) is 2.30. The molecule has 1 heterocycles. The molecule has 1 aliphatic rings. The summed E-state index contributed by atoms with van der Waals surface area (Å²) in [6.45, 7) is 0.706. The molecule has 0 radical (unpaired) electrons. The quantitative estimate of drug-likeness (QED) is 0.809. The summed E-state index contributed by atoms with van der Waals surface area (Å²) in [6, 6.07) is 16.6. The third-order valence-corrected chi connectivity index (χ3v) is 3.21. The van der Waals surface area contributed by atoms with E-state index in [0.717, 1.165) is 23.3 Å². The minimum absolute atomic E-state index is 0.0995. The summed E-state index contributed by atoms with van der Waals surface area (Å²) in [5, 5.41) is 0. The van der Waals surface area contributed by atoms with Crippen molar-refractivity contribution in [1.82, 2.24) is 0 Å². The van der Waals surface area contributed by atoms with Crippen molar-refractivity contribution in [2.24, 2.45) is 5.73 Å². The molecule has 1 unspecified atom stereocenters. The number of ether oxygens (including phenoxy) is 1. The molecule has 17 heavy (non-hydrogen) atoms. The zero-order valence-corrected chi connectivity index (χ0v) is 9.60. The van der Waals surface area contributed by atoms with Crippen molar-refractivity contribution in [3.8, 4) is 16.9 Å². The third kappa shape index (κ3) is 1.81. The largest absolute Gasteiger partial charge is 0.493 e. The first-order chi connectivity index (χ1) is 8.36. The van der Waals surface area contributed by atoms with Gasteiger partial charge < -0.3 is 10.5 Å². The molecule has 0 fully saturated rings. The van der Waals surface area contributed by atoms with Crippen molar-refractivity contribution in [2.75, 3.05) is 6.61 Å². The molecule has 1 aliphatic heterocycles. The summed E-state index contributed by atoms with van der Waals surface area (Å²) in [7, 11) is 0. The summed E-state index contributed by atoms with van der Waals surface area (Å²) in [6.07, 6.45) is 0.894. The minimum atomic E-state index is 0.0995. The highest BCUT2D eigenvalue weighted by molar-refractivity contribution is 5.72. The van der Waals surface area contributed by atoms with Crippen molar-refractivity contribution < 1.29 is 4.74 Å². The Morgan fingerprint density at radius 3 is 2.65 bits per heavy atom. The summed E-state index contributed by atoms with van der Waals surface area (Å²) < 4.78 is 5.80. The van der Waals surface area contributed by atoms with Crippen LogP contribution in [0.5, 0.6) is 5.75 Å². The van der Waals surface area contributed by atoms with Gasteiger partial charge in [-0.2, -0.15) is 0 Å². The van der Waals surface area contributed by atoms with Crippen LogP contribution in [-0.4, -0.2) is 6.61 Å². The van der Waals surface area contributed by atoms with Gasteiger partial charge in [-0.05, 0) is 5.56 Å². The standard InChI is InChI=1S/C15H15NO/c16-14-9-10-17-15-12(7-4-8-13(14)15)11-5-2-1-3-6-11/h1-8,14H,9-10,16H2. The van der Waals surface area contributed by atoms with Gasteiger partial charge in [-0.25, -0.2) is 0 Å². The van der Waals surface area contributed by atoms with Crippen LogP contribution in [0, 0.1) is 0 Å². The number of nitrogens with two attached hydrogens (primary N) is 1. The van der Waals surface area contributed by atoms with Crippen LogP contribution < -0.4 is 10.5 Å². The Kier molecular flexibility index (Phi) is 2.57. The molecular weight excluding hydrogens is 210 g/mol. The highest BCUT2D eigenvalue weighted by Gasteiger charge is 2.20. The molecule has 0 aliphatic carbocycles. The van der Waals surface area contributed by atoms with Crippen molar-refractivity contribution in [1.29, 1.82) is 0 Å². The van der Waals surface area contributed by atoms with Crippen LogP contribution in [0.1, 0.15) is 18.0 Å². The van der Waals surface area contributed by atoms with E-state index in [0.29, 0.717) is 6.61 Å². The predicted molar refractivity (Wildman–Crippen MR) is 68.9 cm³/mol. The number of rotatable bonds is 1. The molecule has 2 aromatic carbocycles. The van der Waals surface area contributed by atoms with Gasteiger partial charge in [0.25, 0.3) is 0 Å². The predicted octanol–water partition coefficient (Wildman–Crippen LogP) is 3.14. The lowest BCUT2D eigenvalue weighted by Crippen LogP contribution is -2.20. The van der Waals surface area contributed by atoms with Gasteiger partial charge >= 0.3 is 0 Å². The maximum Gasteiger partial charge on any atom is 0.131 e. The Hall–Kier alpha value is -1.80. The fraction of sp³-hybridized carbons (Fsp3) is 0.200. The van der Waals surface area contributed by atoms with Crippen LogP contribution in [0.2, 0.25) is 0 Å². The van der Waals surface area contributed by atoms with Crippen molar-refractivity contribution >= 4 is 0 Å². The summed E-state index contributed by atoms with van der Waals surface area (Å²) in [4.78, 5) is 0. The lowest BCUT2D eigenvalue weighted by Gasteiger charge is -2.25. The average molecular weight is 225 g/mol. The van der Waals surface area contributed by atoms with E-state index in [2.05, 4.69) is 30.3 Å². The number of hydrogen-bond acceptors (Lipinski definition) is 2. The first kappa shape index (κ1) is 10.4. The van der Waals surface area contributed by atoms with E-state index in [1.807, 2.05) is 18.2 Å². The van der Waals surface area contributed by atoms with Gasteiger partial charge in [0.2, 0.25) is 0 Å². The lowest BCUT2D eigenvalue weighted by molar-refractivity contribution is 0.270. The zero-order chi connectivity index (χ0) is 11.7. The zero-order valence-electron chi connectivity index (χ0n) is 9.60. The van der Waals surface area contributed by atoms with Crippen LogP contribution in [0.3, 0.4) is 0 Å². The molecule has 0 saturated heterocycles. The van der Waals surface area contributed by atoms with Crippen LogP contribution >= 0.6 is 0 Å². The molecular formula is C15H15NO. The highest BCUT2D eigenvalue weighted by atomic mass is 16.5. The Balaban J connectivity index is 2.16. The molecule has 86 valence electrons. The van der Waals surface area contributed by atoms with Crippen LogP contribution in [0.4, 0.5) is 0 Å². The Bertz CT molecular complexity index is 522. The SMILES string of the molecule is NC1CCOc2c(-c3ccccc3)cccc21. The number of para-hydroxylation sites is 1. The van der Waals surface area contributed by atoms with Crippen LogP contribution in [-0.2, 0) is 0 Å². The number of benzene rings is 2. The molecule has 0 amide bonds. The van der Waals surface area contributed by atoms with E-state index in [1.165, 1.54) is 5.56 Å². The van der Waals surface area contributed by atoms with E-state index < -0.39 is 0 Å². The number of fused-ring (bicyclic) bond motifs is 1. The Labute approximate surface area is 101 Å². The van der Waals surface area contributed by atoms with Gasteiger partial charge in [-0.1, -0.05) is 48.5 Å². The summed E-state index contributed by atoms with van der Waals surface area (Å²) in [5.74, 6) is 0.956. The molecule has 1 atom stereocenters.